The first-order valence-electron chi connectivity index (χ1n) is 32.3. The van der Waals surface area contributed by atoms with E-state index in [9.17, 15) is 0 Å². The number of rotatable bonds is 15. The zero-order valence-corrected chi connectivity index (χ0v) is 47.5. The molecule has 10 atom stereocenters. The Morgan fingerprint density at radius 2 is 1.30 bits per heavy atom. The van der Waals surface area contributed by atoms with E-state index in [1.165, 1.54) is 147 Å². The minimum Gasteiger partial charge on any atom is -0.324 e. The van der Waals surface area contributed by atoms with Crippen molar-refractivity contribution in [1.82, 2.24) is 0 Å². The van der Waals surface area contributed by atoms with Crippen LogP contribution in [0.15, 0.2) is 190 Å². The molecule has 79 heavy (non-hydrogen) atoms. The summed E-state index contributed by atoms with van der Waals surface area (Å²) in [7, 11) is 0. The lowest BCUT2D eigenvalue weighted by Crippen LogP contribution is -2.42. The number of nitrogens with two attached hydrogens (primary N) is 1. The predicted molar refractivity (Wildman–Crippen MR) is 319 cm³/mol. The van der Waals surface area contributed by atoms with E-state index in [1.54, 1.807) is 33.4 Å². The highest BCUT2D eigenvalue weighted by atomic mass is 14.7. The third-order valence-corrected chi connectivity index (χ3v) is 25.2. The van der Waals surface area contributed by atoms with Crippen molar-refractivity contribution >= 4 is 0 Å². The maximum absolute atomic E-state index is 7.38. The summed E-state index contributed by atoms with van der Waals surface area (Å²) in [5.74, 6) is 5.66. The van der Waals surface area contributed by atoms with Gasteiger partial charge >= 0.3 is 0 Å². The molecule has 0 aliphatic heterocycles. The highest BCUT2D eigenvalue weighted by Crippen LogP contribution is 2.85. The summed E-state index contributed by atoms with van der Waals surface area (Å²) in [6.45, 7) is 11.8. The maximum atomic E-state index is 7.38. The molecule has 0 amide bonds. The fourth-order valence-corrected chi connectivity index (χ4v) is 22.4. The average Bonchev–Trinajstić information content (AvgIpc) is 1.48. The summed E-state index contributed by atoms with van der Waals surface area (Å²) in [5.41, 5.74) is 60.9. The molecule has 0 aromatic heterocycles. The highest BCUT2D eigenvalue weighted by molar-refractivity contribution is 6.05. The summed E-state index contributed by atoms with van der Waals surface area (Å²) in [4.78, 5) is 0. The molecular weight excluding hydrogens is 951 g/mol. The fraction of sp³-hybridized carbons (Fsp3) is 0.436. The van der Waals surface area contributed by atoms with Gasteiger partial charge < -0.3 is 5.73 Å². The summed E-state index contributed by atoms with van der Waals surface area (Å²) in [6, 6.07) is 32.3. The molecule has 4 aromatic carbocycles. The maximum Gasteiger partial charge on any atom is 0.0467 e. The summed E-state index contributed by atoms with van der Waals surface area (Å²) < 4.78 is 0. The van der Waals surface area contributed by atoms with Crippen molar-refractivity contribution in [2.75, 3.05) is 0 Å². The van der Waals surface area contributed by atoms with Gasteiger partial charge in [-0.3, -0.25) is 0 Å². The summed E-state index contributed by atoms with van der Waals surface area (Å²) >= 11 is 0. The van der Waals surface area contributed by atoms with E-state index in [2.05, 4.69) is 113 Å². The Morgan fingerprint density at radius 3 is 2.18 bits per heavy atom. The fourth-order valence-electron chi connectivity index (χ4n) is 22.4. The molecule has 0 radical (unpaired) electrons. The van der Waals surface area contributed by atoms with Crippen molar-refractivity contribution in [3.63, 3.8) is 0 Å². The van der Waals surface area contributed by atoms with Gasteiger partial charge in [0.25, 0.3) is 0 Å². The van der Waals surface area contributed by atoms with Crippen molar-refractivity contribution in [2.24, 2.45) is 53.1 Å². The number of hydrogen-bond donors (Lipinski definition) is 1. The molecule has 0 heterocycles. The molecule has 10 unspecified atom stereocenters. The molecule has 0 saturated heterocycles. The zero-order chi connectivity index (χ0) is 52.0. The lowest BCUT2D eigenvalue weighted by molar-refractivity contribution is 0.171. The molecule has 392 valence electrons. The van der Waals surface area contributed by atoms with Crippen LogP contribution in [0.5, 0.6) is 0 Å². The van der Waals surface area contributed by atoms with Crippen molar-refractivity contribution in [3.8, 4) is 11.1 Å². The van der Waals surface area contributed by atoms with E-state index in [4.69, 9.17) is 5.73 Å². The molecule has 2 saturated carbocycles. The van der Waals surface area contributed by atoms with Gasteiger partial charge in [0.05, 0.1) is 0 Å². The molecule has 1 nitrogen and oxygen atoms in total. The van der Waals surface area contributed by atoms with Gasteiger partial charge in [0, 0.05) is 29.2 Å². The predicted octanol–water partition coefficient (Wildman–Crippen LogP) is 17.9. The smallest absolute Gasteiger partial charge is 0.0467 e. The molecule has 4 aromatic rings. The summed E-state index contributed by atoms with van der Waals surface area (Å²) in [6.07, 6.45) is 22.6. The number of allylic oxidation sites excluding steroid dienone is 20. The third-order valence-electron chi connectivity index (χ3n) is 25.2. The van der Waals surface area contributed by atoms with Crippen molar-refractivity contribution in [3.05, 3.63) is 240 Å². The van der Waals surface area contributed by atoms with E-state index >= 15 is 0 Å². The van der Waals surface area contributed by atoms with Crippen LogP contribution in [0, 0.1) is 54.3 Å². The molecule has 0 spiro atoms. The first-order chi connectivity index (χ1) is 38.6. The van der Waals surface area contributed by atoms with Gasteiger partial charge in [-0.05, 0) is 257 Å². The molecule has 20 rings (SSSR count). The van der Waals surface area contributed by atoms with Crippen LogP contribution < -0.4 is 5.73 Å². The Morgan fingerprint density at radius 1 is 0.557 bits per heavy atom. The van der Waals surface area contributed by atoms with E-state index in [0.29, 0.717) is 23.7 Å². The van der Waals surface area contributed by atoms with E-state index in [-0.39, 0.29) is 16.9 Å². The molecule has 2 fully saturated rings. The standard InChI is InChI=1S/C78H75N/c1-6-7-8-9-13-20-57(79)45-18-14-15-19-54(45)78(55-28-37(2)21-25-43(55)44-26-24-42(34-56(44)78)77(3,4)5)27-16-11-10-12-17-38-22-23-39-30-48-49(31-40(39)29-38)61-66-64-52-35-50(59(48)64)46-32-41-33-47(46)51-36-53-63-58(41)62(52)69-70(63)74-71-65(53)60(51)67(71)73-68(61)75(72(66)69)76(73)74/h14-15,18-19,21-26,28-29,34,46,48-50,57,59-60,65,72H,6-13,16-17,20,27,30-33,35-36,79H2,1-5H3. The number of benzene rings is 4. The van der Waals surface area contributed by atoms with E-state index in [0.717, 1.165) is 36.5 Å². The van der Waals surface area contributed by atoms with Crippen molar-refractivity contribution in [2.45, 2.75) is 167 Å². The Bertz CT molecular complexity index is 4080. The SMILES string of the molecule is CCCCCCCC(N)c1ccccc1C1(CCCCCCc2ccc3c(c2)CC2C4=C5C6=C7CC(C8CC9=C%10C7=C7C%11=C%12C%13=C(C4=C%13C75)C4=C%12C5C(=C%10%11)CC(=C8C9)C45)C6C2C3)c2cc(C)ccc2-c2ccc(C(C)(C)C)cc21. The van der Waals surface area contributed by atoms with Gasteiger partial charge in [0.1, 0.15) is 0 Å². The van der Waals surface area contributed by atoms with Crippen LogP contribution in [0.25, 0.3) is 11.1 Å². The average molecular weight is 1030 g/mol. The highest BCUT2D eigenvalue weighted by Gasteiger charge is 2.72. The summed E-state index contributed by atoms with van der Waals surface area (Å²) in [5, 5.41) is 0. The van der Waals surface area contributed by atoms with Crippen LogP contribution in [0.4, 0.5) is 0 Å². The number of fused-ring (bicyclic) bond motifs is 19. The first-order valence-corrected chi connectivity index (χ1v) is 32.3. The van der Waals surface area contributed by atoms with Gasteiger partial charge in [-0.15, -0.1) is 0 Å². The van der Waals surface area contributed by atoms with E-state index in [1.807, 2.05) is 94.7 Å². The number of hydrogen-bond acceptors (Lipinski definition) is 1. The Hall–Kier alpha value is -5.76. The van der Waals surface area contributed by atoms with Gasteiger partial charge in [0.2, 0.25) is 0 Å². The second kappa shape index (κ2) is 14.8. The lowest BCUT2D eigenvalue weighted by Gasteiger charge is -2.49. The van der Waals surface area contributed by atoms with Crippen LogP contribution >= 0.6 is 0 Å². The molecule has 1 heteroatoms. The quantitative estimate of drug-likeness (QED) is 0.0932. The largest absolute Gasteiger partial charge is 0.324 e. The van der Waals surface area contributed by atoms with Crippen LogP contribution in [0.2, 0.25) is 0 Å². The molecule has 16 aliphatic rings. The number of aryl methyl sites for hydroxylation is 2. The Balaban J connectivity index is 0.608. The van der Waals surface area contributed by atoms with Crippen LogP contribution in [0.3, 0.4) is 0 Å². The molecule has 7 bridgehead atoms. The lowest BCUT2D eigenvalue weighted by atomic mass is 9.54. The van der Waals surface area contributed by atoms with Gasteiger partial charge in [-0.1, -0.05) is 180 Å². The normalized spacial score (nSPS) is 31.5. The van der Waals surface area contributed by atoms with Gasteiger partial charge in [-0.25, -0.2) is 0 Å². The minimum absolute atomic E-state index is 0.0319. The van der Waals surface area contributed by atoms with Gasteiger partial charge in [-0.2, -0.15) is 0 Å². The third kappa shape index (κ3) is 5.07. The van der Waals surface area contributed by atoms with Crippen molar-refractivity contribution < 1.29 is 0 Å². The second-order valence-electron chi connectivity index (χ2n) is 29.6. The molecular formula is C78H75N. The first kappa shape index (κ1) is 44.9. The van der Waals surface area contributed by atoms with Crippen LogP contribution in [-0.2, 0) is 30.1 Å². The van der Waals surface area contributed by atoms with Crippen LogP contribution in [-0.4, -0.2) is 0 Å². The van der Waals surface area contributed by atoms with E-state index < -0.39 is 0 Å². The second-order valence-corrected chi connectivity index (χ2v) is 29.6. The van der Waals surface area contributed by atoms with Crippen molar-refractivity contribution in [1.29, 1.82) is 0 Å². The minimum atomic E-state index is -0.237. The Kier molecular flexibility index (Phi) is 8.43. The van der Waals surface area contributed by atoms with Crippen LogP contribution in [0.1, 0.15) is 180 Å². The molecule has 16 aliphatic carbocycles. The molecule has 2 N–H and O–H groups in total. The Labute approximate surface area is 469 Å². The zero-order valence-electron chi connectivity index (χ0n) is 47.5. The number of unbranched alkanes of at least 4 members (excludes halogenated alkanes) is 7. The monoisotopic (exact) mass is 1030 g/mol. The topological polar surface area (TPSA) is 26.0 Å². The van der Waals surface area contributed by atoms with Gasteiger partial charge in [0.15, 0.2) is 0 Å².